The van der Waals surface area contributed by atoms with Gasteiger partial charge in [0.15, 0.2) is 0 Å². The first-order chi connectivity index (χ1) is 12.6. The number of aromatic nitrogens is 2. The van der Waals surface area contributed by atoms with Crippen LogP contribution >= 0.6 is 11.3 Å². The number of thiophene rings is 1. The van der Waals surface area contributed by atoms with Crippen LogP contribution in [0, 0.1) is 6.92 Å². The van der Waals surface area contributed by atoms with Crippen LogP contribution in [-0.4, -0.2) is 40.9 Å². The molecule has 2 aromatic heterocycles. The van der Waals surface area contributed by atoms with E-state index >= 15 is 0 Å². The molecule has 5 nitrogen and oxygen atoms in total. The van der Waals surface area contributed by atoms with E-state index in [1.165, 1.54) is 11.3 Å². The Hall–Kier alpha value is -2.47. The Morgan fingerprint density at radius 2 is 1.81 bits per heavy atom. The molecule has 3 rings (SSSR count). The van der Waals surface area contributed by atoms with Crippen LogP contribution in [0.25, 0.3) is 10.2 Å². The molecule has 0 radical (unpaired) electrons. The maximum Gasteiger partial charge on any atom is 0.264 e. The molecular weight excluding hydrogens is 344 g/mol. The van der Waals surface area contributed by atoms with Gasteiger partial charge in [-0.25, -0.2) is 9.97 Å². The fourth-order valence-corrected chi connectivity index (χ4v) is 4.26. The fraction of sp³-hybridized carbons (Fsp3) is 0.350. The number of anilines is 1. The first-order valence-electron chi connectivity index (χ1n) is 8.85. The van der Waals surface area contributed by atoms with Gasteiger partial charge >= 0.3 is 0 Å². The summed E-state index contributed by atoms with van der Waals surface area (Å²) in [4.78, 5) is 27.5. The van der Waals surface area contributed by atoms with E-state index in [4.69, 9.17) is 0 Å². The molecule has 26 heavy (non-hydrogen) atoms. The molecule has 1 amide bonds. The van der Waals surface area contributed by atoms with Crippen LogP contribution in [0.1, 0.15) is 34.6 Å². The van der Waals surface area contributed by atoms with E-state index < -0.39 is 0 Å². The van der Waals surface area contributed by atoms with Gasteiger partial charge in [-0.15, -0.1) is 11.3 Å². The highest BCUT2D eigenvalue weighted by Crippen LogP contribution is 2.35. The van der Waals surface area contributed by atoms with Crippen molar-refractivity contribution in [3.63, 3.8) is 0 Å². The second kappa shape index (κ2) is 7.83. The van der Waals surface area contributed by atoms with Gasteiger partial charge in [-0.05, 0) is 31.9 Å². The quantitative estimate of drug-likeness (QED) is 0.657. The van der Waals surface area contributed by atoms with Gasteiger partial charge in [-0.3, -0.25) is 4.79 Å². The predicted octanol–water partition coefficient (Wildman–Crippen LogP) is 4.12. The van der Waals surface area contributed by atoms with Crippen molar-refractivity contribution >= 4 is 33.3 Å². The van der Waals surface area contributed by atoms with E-state index in [0.717, 1.165) is 45.1 Å². The minimum Gasteiger partial charge on any atom is -0.357 e. The Morgan fingerprint density at radius 1 is 1.12 bits per heavy atom. The fourth-order valence-electron chi connectivity index (χ4n) is 3.12. The summed E-state index contributed by atoms with van der Waals surface area (Å²) < 4.78 is 0. The van der Waals surface area contributed by atoms with Crippen LogP contribution in [0.15, 0.2) is 36.7 Å². The number of nitrogens with zero attached hydrogens (tertiary/aromatic N) is 4. The summed E-state index contributed by atoms with van der Waals surface area (Å²) >= 11 is 1.45. The van der Waals surface area contributed by atoms with Crippen LogP contribution in [0.5, 0.6) is 0 Å². The maximum absolute atomic E-state index is 13.0. The molecule has 6 heteroatoms. The molecule has 0 saturated heterocycles. The summed E-state index contributed by atoms with van der Waals surface area (Å²) in [5.41, 5.74) is 2.09. The molecule has 0 aliphatic rings. The number of aryl methyl sites for hydroxylation is 1. The largest absolute Gasteiger partial charge is 0.357 e. The first kappa shape index (κ1) is 18.3. The molecule has 0 aliphatic heterocycles. The Labute approximate surface area is 158 Å². The highest BCUT2D eigenvalue weighted by molar-refractivity contribution is 7.20. The molecule has 1 aromatic carbocycles. The monoisotopic (exact) mass is 368 g/mol. The molecule has 136 valence electrons. The zero-order valence-corrected chi connectivity index (χ0v) is 16.5. The number of amides is 1. The standard InChI is InChI=1S/C20H24N4OS/c1-5-24(6-2)18-16-14(3)17(26-19(16)22-13-21-18)20(25)23(4)12-15-10-8-7-9-11-15/h7-11,13H,5-6,12H2,1-4H3. The van der Waals surface area contributed by atoms with Crippen LogP contribution in [0.3, 0.4) is 0 Å². The van der Waals surface area contributed by atoms with Crippen molar-refractivity contribution in [2.75, 3.05) is 25.0 Å². The first-order valence-corrected chi connectivity index (χ1v) is 9.66. The van der Waals surface area contributed by atoms with Crippen molar-refractivity contribution in [2.45, 2.75) is 27.3 Å². The molecule has 0 fully saturated rings. The van der Waals surface area contributed by atoms with Gasteiger partial charge in [0.2, 0.25) is 0 Å². The summed E-state index contributed by atoms with van der Waals surface area (Å²) in [6.07, 6.45) is 1.59. The van der Waals surface area contributed by atoms with Crippen molar-refractivity contribution in [2.24, 2.45) is 0 Å². The minimum absolute atomic E-state index is 0.0276. The van der Waals surface area contributed by atoms with E-state index in [9.17, 15) is 4.79 Å². The van der Waals surface area contributed by atoms with Crippen LogP contribution in [-0.2, 0) is 6.54 Å². The van der Waals surface area contributed by atoms with E-state index in [2.05, 4.69) is 28.7 Å². The van der Waals surface area contributed by atoms with Gasteiger partial charge in [0, 0.05) is 26.7 Å². The molecule has 0 saturated carbocycles. The molecule has 0 spiro atoms. The molecule has 0 unspecified atom stereocenters. The van der Waals surface area contributed by atoms with E-state index in [0.29, 0.717) is 6.54 Å². The summed E-state index contributed by atoms with van der Waals surface area (Å²) in [5.74, 6) is 0.943. The van der Waals surface area contributed by atoms with Crippen LogP contribution in [0.4, 0.5) is 5.82 Å². The third kappa shape index (κ3) is 3.42. The number of hydrogen-bond donors (Lipinski definition) is 0. The lowest BCUT2D eigenvalue weighted by molar-refractivity contribution is 0.0789. The van der Waals surface area contributed by atoms with Gasteiger partial charge in [0.1, 0.15) is 17.0 Å². The van der Waals surface area contributed by atoms with E-state index in [1.807, 2.05) is 44.3 Å². The number of fused-ring (bicyclic) bond motifs is 1. The van der Waals surface area contributed by atoms with Gasteiger partial charge < -0.3 is 9.80 Å². The normalized spacial score (nSPS) is 10.9. The van der Waals surface area contributed by atoms with E-state index in [-0.39, 0.29) is 5.91 Å². The molecule has 0 atom stereocenters. The van der Waals surface area contributed by atoms with Gasteiger partial charge in [0.25, 0.3) is 5.91 Å². The molecule has 0 aliphatic carbocycles. The second-order valence-corrected chi connectivity index (χ2v) is 7.25. The lowest BCUT2D eigenvalue weighted by Gasteiger charge is -2.20. The van der Waals surface area contributed by atoms with Gasteiger partial charge in [0.05, 0.1) is 10.3 Å². The summed E-state index contributed by atoms with van der Waals surface area (Å²) in [6.45, 7) is 8.54. The molecular formula is C20H24N4OS. The molecule has 2 heterocycles. The lowest BCUT2D eigenvalue weighted by atomic mass is 10.1. The van der Waals surface area contributed by atoms with Crippen molar-refractivity contribution in [1.82, 2.24) is 14.9 Å². The topological polar surface area (TPSA) is 49.3 Å². The second-order valence-electron chi connectivity index (χ2n) is 6.25. The van der Waals surface area contributed by atoms with Crippen molar-refractivity contribution < 1.29 is 4.79 Å². The Bertz CT molecular complexity index is 903. The average Bonchev–Trinajstić information content (AvgIpc) is 3.00. The average molecular weight is 369 g/mol. The Balaban J connectivity index is 1.96. The lowest BCUT2D eigenvalue weighted by Crippen LogP contribution is -2.26. The van der Waals surface area contributed by atoms with Crippen molar-refractivity contribution in [3.05, 3.63) is 52.7 Å². The molecule has 3 aromatic rings. The zero-order chi connectivity index (χ0) is 18.7. The predicted molar refractivity (Wildman–Crippen MR) is 108 cm³/mol. The molecule has 0 N–H and O–H groups in total. The summed E-state index contributed by atoms with van der Waals surface area (Å²) in [7, 11) is 1.84. The third-order valence-corrected chi connectivity index (χ3v) is 5.76. The highest BCUT2D eigenvalue weighted by Gasteiger charge is 2.23. The highest BCUT2D eigenvalue weighted by atomic mass is 32.1. The maximum atomic E-state index is 13.0. The summed E-state index contributed by atoms with van der Waals surface area (Å²) in [5, 5.41) is 0.998. The zero-order valence-electron chi connectivity index (χ0n) is 15.7. The number of carbonyl (C=O) groups excluding carboxylic acids is 1. The van der Waals surface area contributed by atoms with Gasteiger partial charge in [-0.1, -0.05) is 30.3 Å². The van der Waals surface area contributed by atoms with Crippen molar-refractivity contribution in [1.29, 1.82) is 0 Å². The smallest absolute Gasteiger partial charge is 0.264 e. The molecule has 0 bridgehead atoms. The number of rotatable bonds is 6. The minimum atomic E-state index is 0.0276. The van der Waals surface area contributed by atoms with Crippen LogP contribution in [0.2, 0.25) is 0 Å². The van der Waals surface area contributed by atoms with E-state index in [1.54, 1.807) is 11.2 Å². The van der Waals surface area contributed by atoms with Gasteiger partial charge in [-0.2, -0.15) is 0 Å². The SMILES string of the molecule is CCN(CC)c1ncnc2sc(C(=O)N(C)Cc3ccccc3)c(C)c12. The third-order valence-electron chi connectivity index (χ3n) is 4.57. The number of benzene rings is 1. The number of carbonyl (C=O) groups is 1. The Morgan fingerprint density at radius 3 is 2.46 bits per heavy atom. The van der Waals surface area contributed by atoms with Crippen LogP contribution < -0.4 is 4.90 Å². The summed E-state index contributed by atoms with van der Waals surface area (Å²) in [6, 6.07) is 10.0. The Kier molecular flexibility index (Phi) is 5.52. The van der Waals surface area contributed by atoms with Crippen molar-refractivity contribution in [3.8, 4) is 0 Å². The number of hydrogen-bond acceptors (Lipinski definition) is 5.